The molecule has 1 amide bonds. The van der Waals surface area contributed by atoms with Crippen LogP contribution in [0.4, 0.5) is 5.13 Å². The molecule has 7 heteroatoms. The number of pyridine rings is 1. The Morgan fingerprint density at radius 2 is 2.04 bits per heavy atom. The number of benzene rings is 1. The Morgan fingerprint density at radius 1 is 1.22 bits per heavy atom. The van der Waals surface area contributed by atoms with Gasteiger partial charge in [0, 0.05) is 36.6 Å². The largest absolute Gasteiger partial charge is 0.297 e. The minimum atomic E-state index is -0.228. The van der Waals surface area contributed by atoms with Crippen molar-refractivity contribution in [2.24, 2.45) is 4.99 Å². The average molecular weight is 323 g/mol. The van der Waals surface area contributed by atoms with E-state index >= 15 is 0 Å². The molecule has 1 aromatic carbocycles. The van der Waals surface area contributed by atoms with E-state index in [-0.39, 0.29) is 5.91 Å². The van der Waals surface area contributed by atoms with Gasteiger partial charge in [0.1, 0.15) is 5.69 Å². The SMILES string of the molecule is CN=Cc1ccc(C(=O)Nc2nc(-c3ccccn3)ns2)cc1. The van der Waals surface area contributed by atoms with Gasteiger partial charge in [-0.25, -0.2) is 0 Å². The highest BCUT2D eigenvalue weighted by atomic mass is 32.1. The number of nitrogens with one attached hydrogen (secondary N) is 1. The molecule has 6 nitrogen and oxygen atoms in total. The van der Waals surface area contributed by atoms with Crippen molar-refractivity contribution in [1.82, 2.24) is 14.3 Å². The maximum absolute atomic E-state index is 12.2. The van der Waals surface area contributed by atoms with E-state index in [0.29, 0.717) is 22.2 Å². The molecule has 0 bridgehead atoms. The minimum Gasteiger partial charge on any atom is -0.297 e. The molecule has 0 saturated carbocycles. The first kappa shape index (κ1) is 15.0. The summed E-state index contributed by atoms with van der Waals surface area (Å²) in [5.41, 5.74) is 2.16. The first-order valence-electron chi connectivity index (χ1n) is 6.85. The summed E-state index contributed by atoms with van der Waals surface area (Å²) in [5.74, 6) is 0.272. The molecule has 2 heterocycles. The molecule has 23 heavy (non-hydrogen) atoms. The molecule has 3 aromatic rings. The van der Waals surface area contributed by atoms with E-state index < -0.39 is 0 Å². The Bertz CT molecular complexity index is 827. The number of carbonyl (C=O) groups excluding carboxylic acids is 1. The van der Waals surface area contributed by atoms with E-state index in [1.807, 2.05) is 30.3 Å². The average Bonchev–Trinajstić information content (AvgIpc) is 3.05. The van der Waals surface area contributed by atoms with Gasteiger partial charge in [0.25, 0.3) is 5.91 Å². The van der Waals surface area contributed by atoms with Gasteiger partial charge in [0.15, 0.2) is 5.82 Å². The van der Waals surface area contributed by atoms with Gasteiger partial charge in [-0.3, -0.25) is 20.1 Å². The first-order chi connectivity index (χ1) is 11.3. The highest BCUT2D eigenvalue weighted by molar-refractivity contribution is 7.10. The summed E-state index contributed by atoms with van der Waals surface area (Å²) < 4.78 is 4.21. The zero-order chi connectivity index (χ0) is 16.1. The number of anilines is 1. The lowest BCUT2D eigenvalue weighted by Gasteiger charge is -2.01. The van der Waals surface area contributed by atoms with Crippen LogP contribution in [-0.4, -0.2) is 33.5 Å². The van der Waals surface area contributed by atoms with Crippen molar-refractivity contribution in [1.29, 1.82) is 0 Å². The summed E-state index contributed by atoms with van der Waals surface area (Å²) in [7, 11) is 1.70. The van der Waals surface area contributed by atoms with Gasteiger partial charge in [-0.2, -0.15) is 9.36 Å². The van der Waals surface area contributed by atoms with Gasteiger partial charge in [-0.15, -0.1) is 0 Å². The van der Waals surface area contributed by atoms with Crippen LogP contribution in [-0.2, 0) is 0 Å². The van der Waals surface area contributed by atoms with Gasteiger partial charge in [0.2, 0.25) is 5.13 Å². The van der Waals surface area contributed by atoms with Gasteiger partial charge in [0.05, 0.1) is 0 Å². The van der Waals surface area contributed by atoms with Gasteiger partial charge in [-0.1, -0.05) is 18.2 Å². The highest BCUT2D eigenvalue weighted by Gasteiger charge is 2.11. The lowest BCUT2D eigenvalue weighted by molar-refractivity contribution is 0.102. The third kappa shape index (κ3) is 3.64. The molecule has 2 aromatic heterocycles. The Balaban J connectivity index is 1.72. The van der Waals surface area contributed by atoms with E-state index in [9.17, 15) is 4.79 Å². The van der Waals surface area contributed by atoms with Crippen molar-refractivity contribution in [3.05, 3.63) is 59.8 Å². The third-order valence-corrected chi connectivity index (χ3v) is 3.62. The number of aromatic nitrogens is 3. The topological polar surface area (TPSA) is 80.1 Å². The van der Waals surface area contributed by atoms with Crippen LogP contribution in [0.15, 0.2) is 53.7 Å². The van der Waals surface area contributed by atoms with Crippen LogP contribution >= 0.6 is 11.5 Å². The molecule has 1 N–H and O–H groups in total. The number of hydrogen-bond donors (Lipinski definition) is 1. The minimum absolute atomic E-state index is 0.228. The third-order valence-electron chi connectivity index (χ3n) is 2.99. The fourth-order valence-corrected chi connectivity index (χ4v) is 2.49. The van der Waals surface area contributed by atoms with Crippen molar-refractivity contribution in [2.45, 2.75) is 0 Å². The Morgan fingerprint density at radius 3 is 2.74 bits per heavy atom. The highest BCUT2D eigenvalue weighted by Crippen LogP contribution is 2.19. The zero-order valence-electron chi connectivity index (χ0n) is 12.3. The maximum Gasteiger partial charge on any atom is 0.257 e. The lowest BCUT2D eigenvalue weighted by atomic mass is 10.1. The smallest absolute Gasteiger partial charge is 0.257 e. The molecule has 3 rings (SSSR count). The molecule has 0 atom stereocenters. The Kier molecular flexibility index (Phi) is 4.49. The fourth-order valence-electron chi connectivity index (χ4n) is 1.91. The molecule has 114 valence electrons. The van der Waals surface area contributed by atoms with Crippen molar-refractivity contribution in [2.75, 3.05) is 12.4 Å². The van der Waals surface area contributed by atoms with Crippen molar-refractivity contribution < 1.29 is 4.79 Å². The standard InChI is InChI=1S/C16H13N5OS/c1-17-10-11-5-7-12(8-6-11)15(22)20-16-19-14(21-23-16)13-4-2-3-9-18-13/h2-10H,1H3,(H,19,20,21,22). The van der Waals surface area contributed by atoms with E-state index in [1.54, 1.807) is 31.6 Å². The predicted molar refractivity (Wildman–Crippen MR) is 91.1 cm³/mol. The number of aliphatic imine (C=N–C) groups is 1. The number of hydrogen-bond acceptors (Lipinski definition) is 6. The van der Waals surface area contributed by atoms with E-state index in [1.165, 1.54) is 0 Å². The number of amides is 1. The second kappa shape index (κ2) is 6.89. The number of nitrogens with zero attached hydrogens (tertiary/aromatic N) is 4. The van der Waals surface area contributed by atoms with Crippen LogP contribution in [0.2, 0.25) is 0 Å². The fraction of sp³-hybridized carbons (Fsp3) is 0.0625. The van der Waals surface area contributed by atoms with E-state index in [4.69, 9.17) is 0 Å². The molecule has 0 spiro atoms. The van der Waals surface area contributed by atoms with Crippen molar-refractivity contribution in [3.8, 4) is 11.5 Å². The molecule has 0 unspecified atom stereocenters. The molecule has 0 aliphatic rings. The van der Waals surface area contributed by atoms with Crippen LogP contribution in [0, 0.1) is 0 Å². The molecule has 0 fully saturated rings. The van der Waals surface area contributed by atoms with Gasteiger partial charge < -0.3 is 0 Å². The van der Waals surface area contributed by atoms with Gasteiger partial charge >= 0.3 is 0 Å². The van der Waals surface area contributed by atoms with Crippen molar-refractivity contribution >= 4 is 28.8 Å². The molecular weight excluding hydrogens is 310 g/mol. The molecule has 0 aliphatic carbocycles. The zero-order valence-corrected chi connectivity index (χ0v) is 13.1. The summed E-state index contributed by atoms with van der Waals surface area (Å²) in [6.45, 7) is 0. The summed E-state index contributed by atoms with van der Waals surface area (Å²) in [4.78, 5) is 24.6. The Hall–Kier alpha value is -2.93. The maximum atomic E-state index is 12.2. The summed E-state index contributed by atoms with van der Waals surface area (Å²) in [5, 5.41) is 3.18. The molecule has 0 radical (unpaired) electrons. The van der Waals surface area contributed by atoms with Crippen LogP contribution in [0.1, 0.15) is 15.9 Å². The van der Waals surface area contributed by atoms with Gasteiger partial charge in [-0.05, 0) is 29.8 Å². The monoisotopic (exact) mass is 323 g/mol. The van der Waals surface area contributed by atoms with Crippen LogP contribution in [0.25, 0.3) is 11.5 Å². The molecule has 0 aliphatic heterocycles. The first-order valence-corrected chi connectivity index (χ1v) is 7.62. The lowest BCUT2D eigenvalue weighted by Crippen LogP contribution is -2.11. The quantitative estimate of drug-likeness (QED) is 0.749. The normalized spacial score (nSPS) is 10.8. The van der Waals surface area contributed by atoms with Crippen LogP contribution in [0.5, 0.6) is 0 Å². The van der Waals surface area contributed by atoms with E-state index in [0.717, 1.165) is 17.1 Å². The summed E-state index contributed by atoms with van der Waals surface area (Å²) in [6, 6.07) is 12.7. The second-order valence-electron chi connectivity index (χ2n) is 4.60. The summed E-state index contributed by atoms with van der Waals surface area (Å²) in [6.07, 6.45) is 3.40. The molecule has 0 saturated heterocycles. The van der Waals surface area contributed by atoms with Crippen LogP contribution in [0.3, 0.4) is 0 Å². The second-order valence-corrected chi connectivity index (χ2v) is 5.35. The Labute approximate surface area is 137 Å². The predicted octanol–water partition coefficient (Wildman–Crippen LogP) is 2.90. The number of rotatable bonds is 4. The van der Waals surface area contributed by atoms with Crippen molar-refractivity contribution in [3.63, 3.8) is 0 Å². The van der Waals surface area contributed by atoms with E-state index in [2.05, 4.69) is 24.7 Å². The molecular formula is C16H13N5OS. The van der Waals surface area contributed by atoms with Crippen LogP contribution < -0.4 is 5.32 Å². The summed E-state index contributed by atoms with van der Waals surface area (Å²) >= 11 is 1.12. The number of carbonyl (C=O) groups is 1.